The van der Waals surface area contributed by atoms with Crippen LogP contribution in [-0.4, -0.2) is 32.5 Å². The zero-order valence-electron chi connectivity index (χ0n) is 15.0. The van der Waals surface area contributed by atoms with Crippen LogP contribution in [0.2, 0.25) is 0 Å². The number of benzene rings is 2. The minimum Gasteiger partial charge on any atom is -0.490 e. The third kappa shape index (κ3) is 5.70. The summed E-state index contributed by atoms with van der Waals surface area (Å²) in [5.41, 5.74) is 2.12. The Morgan fingerprint density at radius 2 is 1.81 bits per heavy atom. The number of halogens is 1. The Balaban J connectivity index is 0.00000243. The Bertz CT molecular complexity index is 738. The molecule has 0 saturated heterocycles. The SMILES string of the molecule is CN=C(NCc1ccc(SC)cc1)Nc1ccc2c(c1)OCCCO2.I. The van der Waals surface area contributed by atoms with Crippen LogP contribution in [0.3, 0.4) is 0 Å². The van der Waals surface area contributed by atoms with Crippen LogP contribution in [-0.2, 0) is 6.54 Å². The number of fused-ring (bicyclic) bond motifs is 1. The molecule has 2 aromatic carbocycles. The molecule has 0 bridgehead atoms. The van der Waals surface area contributed by atoms with E-state index in [1.165, 1.54) is 10.5 Å². The van der Waals surface area contributed by atoms with Crippen LogP contribution < -0.4 is 20.1 Å². The quantitative estimate of drug-likeness (QED) is 0.292. The molecule has 26 heavy (non-hydrogen) atoms. The lowest BCUT2D eigenvalue weighted by atomic mass is 10.2. The number of hydrogen-bond donors (Lipinski definition) is 2. The topological polar surface area (TPSA) is 54.9 Å². The van der Waals surface area contributed by atoms with Gasteiger partial charge in [-0.3, -0.25) is 4.99 Å². The van der Waals surface area contributed by atoms with Crippen molar-refractivity contribution >= 4 is 47.4 Å². The molecule has 7 heteroatoms. The van der Waals surface area contributed by atoms with Gasteiger partial charge in [-0.05, 0) is 36.1 Å². The number of nitrogens with zero attached hydrogens (tertiary/aromatic N) is 1. The van der Waals surface area contributed by atoms with Crippen LogP contribution in [0, 0.1) is 0 Å². The molecule has 1 aliphatic rings. The summed E-state index contributed by atoms with van der Waals surface area (Å²) in [5.74, 6) is 2.27. The first kappa shape index (κ1) is 20.7. The van der Waals surface area contributed by atoms with Crippen LogP contribution in [0.1, 0.15) is 12.0 Å². The van der Waals surface area contributed by atoms with Gasteiger partial charge in [-0.25, -0.2) is 0 Å². The van der Waals surface area contributed by atoms with Gasteiger partial charge >= 0.3 is 0 Å². The Hall–Kier alpha value is -1.61. The molecule has 3 rings (SSSR count). The van der Waals surface area contributed by atoms with Crippen molar-refractivity contribution in [2.75, 3.05) is 31.8 Å². The second-order valence-electron chi connectivity index (χ2n) is 5.61. The molecule has 0 atom stereocenters. The van der Waals surface area contributed by atoms with E-state index < -0.39 is 0 Å². The lowest BCUT2D eigenvalue weighted by molar-refractivity contribution is 0.297. The number of aliphatic imine (C=N–C) groups is 1. The van der Waals surface area contributed by atoms with Crippen LogP contribution in [0.5, 0.6) is 11.5 Å². The van der Waals surface area contributed by atoms with Crippen LogP contribution in [0.15, 0.2) is 52.4 Å². The fourth-order valence-electron chi connectivity index (χ4n) is 2.49. The van der Waals surface area contributed by atoms with Crippen LogP contribution in [0.4, 0.5) is 5.69 Å². The molecule has 140 valence electrons. The molecule has 0 spiro atoms. The predicted octanol–water partition coefficient (Wildman–Crippen LogP) is 4.38. The third-order valence-corrected chi connectivity index (χ3v) is 4.60. The van der Waals surface area contributed by atoms with Crippen molar-refractivity contribution in [3.05, 3.63) is 48.0 Å². The number of ether oxygens (including phenoxy) is 2. The lowest BCUT2D eigenvalue weighted by Gasteiger charge is -2.14. The number of hydrogen-bond acceptors (Lipinski definition) is 4. The van der Waals surface area contributed by atoms with Gasteiger partial charge in [0, 0.05) is 36.7 Å². The van der Waals surface area contributed by atoms with E-state index in [2.05, 4.69) is 46.1 Å². The van der Waals surface area contributed by atoms with Crippen molar-refractivity contribution < 1.29 is 9.47 Å². The highest BCUT2D eigenvalue weighted by Crippen LogP contribution is 2.32. The minimum atomic E-state index is 0. The van der Waals surface area contributed by atoms with E-state index in [1.807, 2.05) is 18.2 Å². The Morgan fingerprint density at radius 1 is 1.08 bits per heavy atom. The normalized spacial score (nSPS) is 13.4. The second kappa shape index (κ2) is 10.5. The molecule has 1 aliphatic heterocycles. The molecule has 0 radical (unpaired) electrons. The first-order chi connectivity index (χ1) is 12.3. The number of rotatable bonds is 4. The van der Waals surface area contributed by atoms with Crippen LogP contribution >= 0.6 is 35.7 Å². The fourth-order valence-corrected chi connectivity index (χ4v) is 2.89. The fraction of sp³-hybridized carbons (Fsp3) is 0.316. The van der Waals surface area contributed by atoms with Crippen molar-refractivity contribution in [2.45, 2.75) is 17.9 Å². The van der Waals surface area contributed by atoms with Gasteiger partial charge in [0.1, 0.15) is 0 Å². The van der Waals surface area contributed by atoms with Gasteiger partial charge in [0.2, 0.25) is 0 Å². The highest BCUT2D eigenvalue weighted by atomic mass is 127. The van der Waals surface area contributed by atoms with Gasteiger partial charge in [-0.1, -0.05) is 12.1 Å². The Kier molecular flexibility index (Phi) is 8.37. The summed E-state index contributed by atoms with van der Waals surface area (Å²) >= 11 is 1.74. The van der Waals surface area contributed by atoms with E-state index in [9.17, 15) is 0 Å². The summed E-state index contributed by atoms with van der Waals surface area (Å²) in [6.45, 7) is 2.08. The van der Waals surface area contributed by atoms with Crippen molar-refractivity contribution in [1.29, 1.82) is 0 Å². The average molecular weight is 485 g/mol. The van der Waals surface area contributed by atoms with Crippen LogP contribution in [0.25, 0.3) is 0 Å². The maximum absolute atomic E-state index is 5.73. The number of nitrogens with one attached hydrogen (secondary N) is 2. The molecule has 0 unspecified atom stereocenters. The van der Waals surface area contributed by atoms with Gasteiger partial charge in [-0.15, -0.1) is 35.7 Å². The molecule has 0 fully saturated rings. The molecule has 2 aromatic rings. The molecule has 0 saturated carbocycles. The zero-order chi connectivity index (χ0) is 17.5. The molecule has 5 nitrogen and oxygen atoms in total. The maximum atomic E-state index is 5.73. The highest BCUT2D eigenvalue weighted by molar-refractivity contribution is 14.0. The predicted molar refractivity (Wildman–Crippen MR) is 120 cm³/mol. The Labute approximate surface area is 176 Å². The molecular formula is C19H24IN3O2S. The monoisotopic (exact) mass is 485 g/mol. The van der Waals surface area contributed by atoms with Gasteiger partial charge in [0.25, 0.3) is 0 Å². The second-order valence-corrected chi connectivity index (χ2v) is 6.49. The van der Waals surface area contributed by atoms with Crippen molar-refractivity contribution in [3.63, 3.8) is 0 Å². The first-order valence-corrected chi connectivity index (χ1v) is 9.51. The minimum absolute atomic E-state index is 0. The van der Waals surface area contributed by atoms with E-state index in [4.69, 9.17) is 9.47 Å². The summed E-state index contributed by atoms with van der Waals surface area (Å²) in [5, 5.41) is 6.62. The van der Waals surface area contributed by atoms with Gasteiger partial charge in [-0.2, -0.15) is 0 Å². The summed E-state index contributed by atoms with van der Waals surface area (Å²) in [6.07, 6.45) is 2.98. The third-order valence-electron chi connectivity index (χ3n) is 3.85. The van der Waals surface area contributed by atoms with E-state index >= 15 is 0 Å². The van der Waals surface area contributed by atoms with Crippen molar-refractivity contribution in [1.82, 2.24) is 5.32 Å². The van der Waals surface area contributed by atoms with E-state index in [1.54, 1.807) is 18.8 Å². The number of thioether (sulfide) groups is 1. The standard InChI is InChI=1S/C19H23N3O2S.HI/c1-20-19(21-13-14-4-7-16(25-2)8-5-14)22-15-6-9-17-18(12-15)24-11-3-10-23-17;/h4-9,12H,3,10-11,13H2,1-2H3,(H2,20,21,22);1H. The first-order valence-electron chi connectivity index (χ1n) is 8.29. The summed E-state index contributed by atoms with van der Waals surface area (Å²) in [4.78, 5) is 5.54. The summed E-state index contributed by atoms with van der Waals surface area (Å²) < 4.78 is 11.4. The maximum Gasteiger partial charge on any atom is 0.195 e. The molecule has 0 aromatic heterocycles. The molecule has 1 heterocycles. The average Bonchev–Trinajstić information content (AvgIpc) is 2.90. The molecule has 2 N–H and O–H groups in total. The number of guanidine groups is 1. The van der Waals surface area contributed by atoms with Crippen molar-refractivity contribution in [3.8, 4) is 11.5 Å². The largest absolute Gasteiger partial charge is 0.490 e. The number of anilines is 1. The summed E-state index contributed by atoms with van der Waals surface area (Å²) in [6, 6.07) is 14.3. The van der Waals surface area contributed by atoms with Gasteiger partial charge < -0.3 is 20.1 Å². The van der Waals surface area contributed by atoms with Gasteiger partial charge in [0.15, 0.2) is 17.5 Å². The smallest absolute Gasteiger partial charge is 0.195 e. The van der Waals surface area contributed by atoms with Gasteiger partial charge in [0.05, 0.1) is 13.2 Å². The zero-order valence-corrected chi connectivity index (χ0v) is 18.1. The molecule has 0 amide bonds. The molecular weight excluding hydrogens is 461 g/mol. The van der Waals surface area contributed by atoms with E-state index in [0.717, 1.165) is 23.6 Å². The van der Waals surface area contributed by atoms with Crippen molar-refractivity contribution in [2.24, 2.45) is 4.99 Å². The lowest BCUT2D eigenvalue weighted by Crippen LogP contribution is -2.30. The summed E-state index contributed by atoms with van der Waals surface area (Å²) in [7, 11) is 1.76. The van der Waals surface area contributed by atoms with E-state index in [0.29, 0.717) is 25.7 Å². The molecule has 0 aliphatic carbocycles. The highest BCUT2D eigenvalue weighted by Gasteiger charge is 2.11. The Morgan fingerprint density at radius 3 is 2.50 bits per heavy atom. The van der Waals surface area contributed by atoms with E-state index in [-0.39, 0.29) is 24.0 Å².